The number of hydrogen-bond donors (Lipinski definition) is 1. The number of para-hydroxylation sites is 2. The van der Waals surface area contributed by atoms with Crippen LogP contribution in [0.3, 0.4) is 0 Å². The number of fused-ring (bicyclic) bond motifs is 1. The summed E-state index contributed by atoms with van der Waals surface area (Å²) < 4.78 is 2.16. The molecule has 0 bridgehead atoms. The highest BCUT2D eigenvalue weighted by Crippen LogP contribution is 2.24. The highest BCUT2D eigenvalue weighted by atomic mass is 32.2. The first-order valence-corrected chi connectivity index (χ1v) is 8.28. The molecule has 4 nitrogen and oxygen atoms in total. The molecule has 2 rings (SSSR count). The van der Waals surface area contributed by atoms with Crippen LogP contribution in [-0.2, 0) is 11.3 Å². The quantitative estimate of drug-likeness (QED) is 0.911. The molecule has 0 saturated carbocycles. The lowest BCUT2D eigenvalue weighted by Gasteiger charge is -2.17. The van der Waals surface area contributed by atoms with Gasteiger partial charge in [-0.3, -0.25) is 10.1 Å². The van der Waals surface area contributed by atoms with E-state index in [1.165, 1.54) is 0 Å². The first kappa shape index (κ1) is 15.9. The van der Waals surface area contributed by atoms with E-state index in [0.29, 0.717) is 11.7 Å². The first-order valence-electron chi connectivity index (χ1n) is 7.30. The van der Waals surface area contributed by atoms with E-state index in [2.05, 4.69) is 42.6 Å². The Morgan fingerprint density at radius 2 is 2.05 bits per heavy atom. The van der Waals surface area contributed by atoms with E-state index in [1.807, 2.05) is 24.3 Å². The second-order valence-electron chi connectivity index (χ2n) is 6.02. The minimum atomic E-state index is 0.00239. The molecule has 1 aromatic heterocycles. The number of benzene rings is 1. The average molecular weight is 305 g/mol. The van der Waals surface area contributed by atoms with Crippen molar-refractivity contribution in [3.63, 3.8) is 0 Å². The number of carbonyl (C=O) groups is 1. The number of thioether (sulfide) groups is 1. The molecule has 0 radical (unpaired) electrons. The van der Waals surface area contributed by atoms with Crippen molar-refractivity contribution in [1.29, 1.82) is 0 Å². The molecule has 1 N–H and O–H groups in total. The molecule has 0 saturated heterocycles. The summed E-state index contributed by atoms with van der Waals surface area (Å²) in [5.41, 5.74) is 1.99. The molecular formula is C16H23N3OS. The lowest BCUT2D eigenvalue weighted by Crippen LogP contribution is -2.21. The molecular weight excluding hydrogens is 282 g/mol. The van der Waals surface area contributed by atoms with Crippen LogP contribution < -0.4 is 5.32 Å². The zero-order valence-electron chi connectivity index (χ0n) is 13.1. The van der Waals surface area contributed by atoms with E-state index in [4.69, 9.17) is 0 Å². The Morgan fingerprint density at radius 3 is 2.71 bits per heavy atom. The Balaban J connectivity index is 2.17. The van der Waals surface area contributed by atoms with Gasteiger partial charge in [-0.25, -0.2) is 4.98 Å². The molecule has 0 unspecified atom stereocenters. The van der Waals surface area contributed by atoms with Gasteiger partial charge in [0.1, 0.15) is 0 Å². The van der Waals surface area contributed by atoms with Gasteiger partial charge in [0.2, 0.25) is 11.9 Å². The van der Waals surface area contributed by atoms with Gasteiger partial charge in [-0.05, 0) is 18.6 Å². The fourth-order valence-corrected chi connectivity index (χ4v) is 2.70. The van der Waals surface area contributed by atoms with Crippen molar-refractivity contribution >= 4 is 34.7 Å². The summed E-state index contributed by atoms with van der Waals surface area (Å²) >= 11 is 1.64. The third kappa shape index (κ3) is 4.24. The van der Waals surface area contributed by atoms with Gasteiger partial charge >= 0.3 is 0 Å². The van der Waals surface area contributed by atoms with Crippen LogP contribution in [-0.4, -0.2) is 26.0 Å². The van der Waals surface area contributed by atoms with Crippen molar-refractivity contribution < 1.29 is 4.79 Å². The number of carbonyl (C=O) groups excluding carboxylic acids is 1. The Bertz CT molecular complexity index is 628. The van der Waals surface area contributed by atoms with Gasteiger partial charge in [0.05, 0.1) is 16.8 Å². The van der Waals surface area contributed by atoms with E-state index in [9.17, 15) is 4.79 Å². The van der Waals surface area contributed by atoms with Crippen LogP contribution in [0.4, 0.5) is 5.95 Å². The molecule has 0 spiro atoms. The smallest absolute Gasteiger partial charge is 0.236 e. The summed E-state index contributed by atoms with van der Waals surface area (Å²) in [7, 11) is 0. The average Bonchev–Trinajstić information content (AvgIpc) is 2.74. The van der Waals surface area contributed by atoms with E-state index >= 15 is 0 Å². The lowest BCUT2D eigenvalue weighted by molar-refractivity contribution is -0.113. The number of rotatable bonds is 5. The lowest BCUT2D eigenvalue weighted by atomic mass is 10.3. The molecule has 1 aromatic carbocycles. The monoisotopic (exact) mass is 305 g/mol. The summed E-state index contributed by atoms with van der Waals surface area (Å²) in [6.07, 6.45) is 1.000. The van der Waals surface area contributed by atoms with E-state index in [0.717, 1.165) is 24.0 Å². The van der Waals surface area contributed by atoms with Crippen molar-refractivity contribution in [2.75, 3.05) is 11.1 Å². The van der Waals surface area contributed by atoms with Gasteiger partial charge in [0.25, 0.3) is 0 Å². The summed E-state index contributed by atoms with van der Waals surface area (Å²) in [6.45, 7) is 9.30. The number of imidazole rings is 1. The molecule has 0 aliphatic heterocycles. The zero-order chi connectivity index (χ0) is 15.5. The van der Waals surface area contributed by atoms with E-state index in [-0.39, 0.29) is 10.7 Å². The second-order valence-corrected chi connectivity index (χ2v) is 7.83. The number of anilines is 1. The number of aryl methyl sites for hydroxylation is 1. The summed E-state index contributed by atoms with van der Waals surface area (Å²) in [5, 5.41) is 2.95. The molecule has 0 aliphatic carbocycles. The maximum Gasteiger partial charge on any atom is 0.236 e. The van der Waals surface area contributed by atoms with Crippen LogP contribution in [0.5, 0.6) is 0 Å². The Morgan fingerprint density at radius 1 is 1.33 bits per heavy atom. The van der Waals surface area contributed by atoms with Crippen LogP contribution in [0, 0.1) is 0 Å². The largest absolute Gasteiger partial charge is 0.310 e. The fraction of sp³-hybridized carbons (Fsp3) is 0.500. The van der Waals surface area contributed by atoms with Gasteiger partial charge in [-0.15, -0.1) is 11.8 Å². The van der Waals surface area contributed by atoms with Gasteiger partial charge in [-0.2, -0.15) is 0 Å². The van der Waals surface area contributed by atoms with Crippen molar-refractivity contribution in [2.45, 2.75) is 45.4 Å². The molecule has 114 valence electrons. The minimum absolute atomic E-state index is 0.00239. The van der Waals surface area contributed by atoms with Crippen LogP contribution in [0.15, 0.2) is 24.3 Å². The third-order valence-electron chi connectivity index (χ3n) is 2.99. The van der Waals surface area contributed by atoms with E-state index < -0.39 is 0 Å². The van der Waals surface area contributed by atoms with Crippen molar-refractivity contribution in [3.8, 4) is 0 Å². The summed E-state index contributed by atoms with van der Waals surface area (Å²) in [6, 6.07) is 7.97. The van der Waals surface area contributed by atoms with Crippen LogP contribution in [0.1, 0.15) is 34.1 Å². The Kier molecular flexibility index (Phi) is 4.93. The van der Waals surface area contributed by atoms with Crippen molar-refractivity contribution in [2.24, 2.45) is 0 Å². The van der Waals surface area contributed by atoms with Gasteiger partial charge in [-0.1, -0.05) is 39.8 Å². The highest BCUT2D eigenvalue weighted by Gasteiger charge is 2.16. The van der Waals surface area contributed by atoms with Crippen molar-refractivity contribution in [1.82, 2.24) is 9.55 Å². The number of nitrogens with zero attached hydrogens (tertiary/aromatic N) is 2. The topological polar surface area (TPSA) is 46.9 Å². The molecule has 1 amide bonds. The standard InChI is InChI=1S/C16H23N3OS/c1-5-10-19-13-9-7-6-8-12(13)17-15(19)18-14(20)11-21-16(2,3)4/h6-9H,5,10-11H2,1-4H3,(H,17,18,20). The molecule has 0 atom stereocenters. The Labute approximate surface area is 130 Å². The van der Waals surface area contributed by atoms with Crippen LogP contribution in [0.25, 0.3) is 11.0 Å². The predicted molar refractivity (Wildman–Crippen MR) is 90.9 cm³/mol. The summed E-state index contributed by atoms with van der Waals surface area (Å²) in [4.78, 5) is 16.6. The Hall–Kier alpha value is -1.49. The van der Waals surface area contributed by atoms with Gasteiger partial charge < -0.3 is 4.57 Å². The van der Waals surface area contributed by atoms with Crippen LogP contribution in [0.2, 0.25) is 0 Å². The third-order valence-corrected chi connectivity index (χ3v) is 4.26. The number of amides is 1. The predicted octanol–water partition coefficient (Wildman–Crippen LogP) is 3.92. The number of nitrogens with one attached hydrogen (secondary N) is 1. The van der Waals surface area contributed by atoms with Gasteiger partial charge in [0, 0.05) is 11.3 Å². The van der Waals surface area contributed by atoms with E-state index in [1.54, 1.807) is 11.8 Å². The number of aromatic nitrogens is 2. The zero-order valence-corrected chi connectivity index (χ0v) is 14.0. The molecule has 0 aliphatic rings. The van der Waals surface area contributed by atoms with Crippen molar-refractivity contribution in [3.05, 3.63) is 24.3 Å². The minimum Gasteiger partial charge on any atom is -0.310 e. The molecule has 5 heteroatoms. The van der Waals surface area contributed by atoms with Crippen LogP contribution >= 0.6 is 11.8 Å². The summed E-state index contributed by atoms with van der Waals surface area (Å²) in [5.74, 6) is 1.10. The first-order chi connectivity index (χ1) is 9.90. The maximum atomic E-state index is 12.1. The SMILES string of the molecule is CCCn1c(NC(=O)CSC(C)(C)C)nc2ccccc21. The normalized spacial score (nSPS) is 11.8. The molecule has 2 aromatic rings. The second kappa shape index (κ2) is 6.52. The molecule has 21 heavy (non-hydrogen) atoms. The highest BCUT2D eigenvalue weighted by molar-refractivity contribution is 8.01. The fourth-order valence-electron chi connectivity index (χ4n) is 2.06. The van der Waals surface area contributed by atoms with Gasteiger partial charge in [0.15, 0.2) is 0 Å². The number of hydrogen-bond acceptors (Lipinski definition) is 3. The molecule has 0 fully saturated rings. The molecule has 1 heterocycles. The maximum absolute atomic E-state index is 12.1.